The quantitative estimate of drug-likeness (QED) is 0.842. The van der Waals surface area contributed by atoms with Gasteiger partial charge in [0.2, 0.25) is 11.8 Å². The molecule has 132 valence electrons. The zero-order valence-electron chi connectivity index (χ0n) is 13.9. The lowest BCUT2D eigenvalue weighted by Gasteiger charge is -2.30. The van der Waals surface area contributed by atoms with Gasteiger partial charge in [0.1, 0.15) is 0 Å². The van der Waals surface area contributed by atoms with Gasteiger partial charge < -0.3 is 10.6 Å². The Morgan fingerprint density at radius 3 is 2.68 bits per heavy atom. The van der Waals surface area contributed by atoms with Gasteiger partial charge in [0, 0.05) is 42.9 Å². The Labute approximate surface area is 149 Å². The molecule has 1 aliphatic heterocycles. The molecule has 0 saturated carbocycles. The Morgan fingerprint density at radius 2 is 2.00 bits per heavy atom. The number of hydrogen-bond donors (Lipinski definition) is 2. The van der Waals surface area contributed by atoms with E-state index in [1.54, 1.807) is 24.8 Å². The second kappa shape index (κ2) is 8.13. The Morgan fingerprint density at radius 1 is 1.20 bits per heavy atom. The summed E-state index contributed by atoms with van der Waals surface area (Å²) in [5.74, 6) is 0.376. The minimum absolute atomic E-state index is 0.00495. The predicted molar refractivity (Wildman–Crippen MR) is 95.1 cm³/mol. The third-order valence-electron chi connectivity index (χ3n) is 3.99. The van der Waals surface area contributed by atoms with Crippen LogP contribution in [0.1, 0.15) is 24.6 Å². The normalized spacial score (nSPS) is 15.7. The number of hydrogen-bond acceptors (Lipinski definition) is 7. The van der Waals surface area contributed by atoms with Gasteiger partial charge in [0.15, 0.2) is 10.9 Å². The molecule has 0 unspecified atom stereocenters. The van der Waals surface area contributed by atoms with Crippen molar-refractivity contribution >= 4 is 34.1 Å². The third kappa shape index (κ3) is 5.04. The molecule has 0 aliphatic carbocycles. The summed E-state index contributed by atoms with van der Waals surface area (Å²) in [5.41, 5.74) is 0. The molecule has 8 nitrogen and oxygen atoms in total. The average molecular weight is 360 g/mol. The van der Waals surface area contributed by atoms with Crippen molar-refractivity contribution in [2.24, 2.45) is 5.92 Å². The summed E-state index contributed by atoms with van der Waals surface area (Å²) in [6, 6.07) is 0. The van der Waals surface area contributed by atoms with Gasteiger partial charge in [-0.05, 0) is 25.9 Å². The smallest absolute Gasteiger partial charge is 0.228 e. The van der Waals surface area contributed by atoms with E-state index in [2.05, 4.69) is 30.5 Å². The number of amides is 2. The van der Waals surface area contributed by atoms with Gasteiger partial charge >= 0.3 is 0 Å². The van der Waals surface area contributed by atoms with Gasteiger partial charge in [-0.15, -0.1) is 11.3 Å². The summed E-state index contributed by atoms with van der Waals surface area (Å²) in [5, 5.41) is 6.14. The summed E-state index contributed by atoms with van der Waals surface area (Å²) in [4.78, 5) is 38.9. The maximum absolute atomic E-state index is 12.3. The first-order valence-electron chi connectivity index (χ1n) is 8.11. The Balaban J connectivity index is 1.46. The number of carbonyl (C=O) groups is 2. The second-order valence-corrected chi connectivity index (χ2v) is 7.06. The summed E-state index contributed by atoms with van der Waals surface area (Å²) >= 11 is 1.48. The predicted octanol–water partition coefficient (Wildman–Crippen LogP) is 1.74. The minimum atomic E-state index is -0.115. The number of aromatic nitrogens is 3. The summed E-state index contributed by atoms with van der Waals surface area (Å²) in [6.45, 7) is 3.96. The molecule has 2 amide bonds. The van der Waals surface area contributed by atoms with Crippen LogP contribution in [0.2, 0.25) is 0 Å². The second-order valence-electron chi connectivity index (χ2n) is 5.94. The zero-order chi connectivity index (χ0) is 17.6. The van der Waals surface area contributed by atoms with E-state index in [0.717, 1.165) is 37.4 Å². The molecular formula is C16H20N6O2S. The molecule has 3 rings (SSSR count). The number of nitrogens with zero attached hydrogens (tertiary/aromatic N) is 4. The van der Waals surface area contributed by atoms with Gasteiger partial charge in [-0.2, -0.15) is 0 Å². The number of piperidine rings is 1. The van der Waals surface area contributed by atoms with Crippen LogP contribution in [0.25, 0.3) is 0 Å². The Bertz CT molecular complexity index is 727. The lowest BCUT2D eigenvalue weighted by molar-refractivity contribution is -0.121. The van der Waals surface area contributed by atoms with Gasteiger partial charge in [0.05, 0.1) is 6.20 Å². The van der Waals surface area contributed by atoms with Crippen LogP contribution in [0.3, 0.4) is 0 Å². The molecule has 1 saturated heterocycles. The highest BCUT2D eigenvalue weighted by Gasteiger charge is 2.25. The number of nitrogens with one attached hydrogen (secondary N) is 2. The third-order valence-corrected chi connectivity index (χ3v) is 4.89. The fourth-order valence-corrected chi connectivity index (χ4v) is 3.66. The highest BCUT2D eigenvalue weighted by Crippen LogP contribution is 2.24. The highest BCUT2D eigenvalue weighted by molar-refractivity contribution is 7.15. The maximum atomic E-state index is 12.3. The number of likely N-dealkylation sites (tertiary alicyclic amines) is 1. The van der Waals surface area contributed by atoms with Crippen LogP contribution in [0, 0.1) is 5.92 Å². The van der Waals surface area contributed by atoms with E-state index >= 15 is 0 Å². The Hall–Kier alpha value is -2.39. The van der Waals surface area contributed by atoms with Gasteiger partial charge in [-0.1, -0.05) is 0 Å². The average Bonchev–Trinajstić information content (AvgIpc) is 3.02. The molecule has 0 atom stereocenters. The fraction of sp³-hybridized carbons (Fsp3) is 0.438. The minimum Gasteiger partial charge on any atom is -0.309 e. The van der Waals surface area contributed by atoms with E-state index in [1.165, 1.54) is 18.3 Å². The molecule has 1 fully saturated rings. The van der Waals surface area contributed by atoms with Crippen LogP contribution in [-0.4, -0.2) is 44.8 Å². The molecule has 2 aromatic heterocycles. The van der Waals surface area contributed by atoms with E-state index in [1.807, 2.05) is 0 Å². The molecule has 0 radical (unpaired) electrons. The standard InChI is InChI=1S/C16H20N6O2S/c1-11(23)20-16-19-8-13(25-16)10-22-6-2-12(3-7-22)15(24)21-14-9-17-4-5-18-14/h4-5,8-9,12H,2-3,6-7,10H2,1H3,(H,18,21,24)(H,19,20,23). The Kier molecular flexibility index (Phi) is 5.67. The van der Waals surface area contributed by atoms with Crippen LogP contribution in [0.5, 0.6) is 0 Å². The number of anilines is 2. The topological polar surface area (TPSA) is 100 Å². The largest absolute Gasteiger partial charge is 0.309 e. The van der Waals surface area contributed by atoms with Crippen molar-refractivity contribution in [3.8, 4) is 0 Å². The molecule has 1 aliphatic rings. The summed E-state index contributed by atoms with van der Waals surface area (Å²) in [7, 11) is 0. The first-order valence-corrected chi connectivity index (χ1v) is 8.93. The molecule has 9 heteroatoms. The SMILES string of the molecule is CC(=O)Nc1ncc(CN2CCC(C(=O)Nc3cnccn3)CC2)s1. The van der Waals surface area contributed by atoms with Crippen LogP contribution >= 0.6 is 11.3 Å². The molecule has 2 N–H and O–H groups in total. The molecule has 2 aromatic rings. The van der Waals surface area contributed by atoms with Crippen molar-refractivity contribution in [1.29, 1.82) is 0 Å². The monoisotopic (exact) mass is 360 g/mol. The van der Waals surface area contributed by atoms with Crippen LogP contribution in [0.4, 0.5) is 10.9 Å². The molecular weight excluding hydrogens is 340 g/mol. The summed E-state index contributed by atoms with van der Waals surface area (Å²) in [6.07, 6.45) is 8.09. The summed E-state index contributed by atoms with van der Waals surface area (Å²) < 4.78 is 0. The van der Waals surface area contributed by atoms with Crippen molar-refractivity contribution in [2.75, 3.05) is 23.7 Å². The van der Waals surface area contributed by atoms with Crippen LogP contribution < -0.4 is 10.6 Å². The van der Waals surface area contributed by atoms with Crippen molar-refractivity contribution in [2.45, 2.75) is 26.3 Å². The molecule has 0 aromatic carbocycles. The van der Waals surface area contributed by atoms with E-state index in [0.29, 0.717) is 10.9 Å². The molecule has 0 spiro atoms. The lowest BCUT2D eigenvalue weighted by Crippen LogP contribution is -2.37. The highest BCUT2D eigenvalue weighted by atomic mass is 32.1. The van der Waals surface area contributed by atoms with Crippen molar-refractivity contribution < 1.29 is 9.59 Å². The van der Waals surface area contributed by atoms with Gasteiger partial charge in [-0.3, -0.25) is 19.5 Å². The molecule has 25 heavy (non-hydrogen) atoms. The number of carbonyl (C=O) groups excluding carboxylic acids is 2. The van der Waals surface area contributed by atoms with Crippen molar-refractivity contribution in [3.05, 3.63) is 29.7 Å². The van der Waals surface area contributed by atoms with E-state index in [-0.39, 0.29) is 17.7 Å². The van der Waals surface area contributed by atoms with Crippen LogP contribution in [0.15, 0.2) is 24.8 Å². The lowest BCUT2D eigenvalue weighted by atomic mass is 9.96. The van der Waals surface area contributed by atoms with Crippen molar-refractivity contribution in [3.63, 3.8) is 0 Å². The molecule has 3 heterocycles. The van der Waals surface area contributed by atoms with E-state index in [4.69, 9.17) is 0 Å². The molecule has 0 bridgehead atoms. The first kappa shape index (κ1) is 17.4. The van der Waals surface area contributed by atoms with Gasteiger partial charge in [0.25, 0.3) is 0 Å². The van der Waals surface area contributed by atoms with E-state index < -0.39 is 0 Å². The van der Waals surface area contributed by atoms with Crippen LogP contribution in [-0.2, 0) is 16.1 Å². The maximum Gasteiger partial charge on any atom is 0.228 e. The zero-order valence-corrected chi connectivity index (χ0v) is 14.8. The van der Waals surface area contributed by atoms with E-state index in [9.17, 15) is 9.59 Å². The van der Waals surface area contributed by atoms with Crippen molar-refractivity contribution in [1.82, 2.24) is 19.9 Å². The van der Waals surface area contributed by atoms with Gasteiger partial charge in [-0.25, -0.2) is 9.97 Å². The number of thiazole rings is 1. The number of rotatable bonds is 5. The first-order chi connectivity index (χ1) is 12.1. The fourth-order valence-electron chi connectivity index (χ4n) is 2.75.